The number of aliphatic hydroxyl groups is 1. The highest BCUT2D eigenvalue weighted by Crippen LogP contribution is 2.41. The average molecular weight is 858 g/mol. The first-order chi connectivity index (χ1) is 28.6. The Morgan fingerprint density at radius 2 is 1.50 bits per heavy atom. The molecule has 0 bridgehead atoms. The summed E-state index contributed by atoms with van der Waals surface area (Å²) in [5.41, 5.74) is 0.111. The molecule has 312 valence electrons. The Kier molecular flexibility index (Phi) is 12.9. The standard InChI is InChI=1S/C40H39N7O11S2/c1-39(2)33(36(50)47(39)58-60(53,54)55)43-35(49)32(46-56-23-30(22-48)57-29-20-18-25(19-21-29)34(41)44-38(51)52)31-24-59-37(42-31)45-40(26-12-6-3-7-13-26,27-14-8-4-9-15-27)28-16-10-5-11-17-28/h3-21,24,30,33,48H,22-23H2,1-2H3,(H2,41,44)(H,42,45)(H,43,49)(H,51,52)(H,53,54,55)/t30?,33-/m1/s1. The molecule has 0 radical (unpaired) electrons. The lowest BCUT2D eigenvalue weighted by Crippen LogP contribution is -2.76. The van der Waals surface area contributed by atoms with Gasteiger partial charge in [0.05, 0.1) is 12.1 Å². The summed E-state index contributed by atoms with van der Waals surface area (Å²) in [5, 5.41) is 41.3. The van der Waals surface area contributed by atoms with Crippen LogP contribution in [0.1, 0.15) is 41.8 Å². The summed E-state index contributed by atoms with van der Waals surface area (Å²) < 4.78 is 42.2. The van der Waals surface area contributed by atoms with Crippen molar-refractivity contribution in [3.63, 3.8) is 0 Å². The van der Waals surface area contributed by atoms with E-state index >= 15 is 0 Å². The van der Waals surface area contributed by atoms with Gasteiger partial charge in [-0.15, -0.1) is 15.6 Å². The van der Waals surface area contributed by atoms with Crippen LogP contribution in [-0.4, -0.2) is 93.6 Å². The summed E-state index contributed by atoms with van der Waals surface area (Å²) in [7, 11) is -5.06. The SMILES string of the molecule is CC1(C)[C@H](NC(=O)C(=NOCC(CO)Oc2ccc(C(=N)NC(=O)O)cc2)c2csc(NC(c3ccccc3)(c3ccccc3)c3ccccc3)n2)C(=O)N1OS(=O)(=O)O. The number of thiazole rings is 1. The summed E-state index contributed by atoms with van der Waals surface area (Å²) in [6.07, 6.45) is -2.43. The van der Waals surface area contributed by atoms with Gasteiger partial charge >= 0.3 is 16.5 Å². The second-order valence-corrected chi connectivity index (χ2v) is 15.6. The van der Waals surface area contributed by atoms with E-state index in [9.17, 15) is 32.5 Å². The van der Waals surface area contributed by atoms with E-state index in [2.05, 4.69) is 20.1 Å². The van der Waals surface area contributed by atoms with Gasteiger partial charge in [-0.3, -0.25) is 24.9 Å². The van der Waals surface area contributed by atoms with Gasteiger partial charge in [0.15, 0.2) is 23.6 Å². The molecule has 7 N–H and O–H groups in total. The molecule has 2 atom stereocenters. The largest absolute Gasteiger partial charge is 0.484 e. The minimum atomic E-state index is -5.06. The zero-order valence-corrected chi connectivity index (χ0v) is 33.5. The monoisotopic (exact) mass is 857 g/mol. The first-order valence-corrected chi connectivity index (χ1v) is 20.3. The smallest absolute Gasteiger partial charge is 0.418 e. The van der Waals surface area contributed by atoms with Crippen molar-refractivity contribution in [3.8, 4) is 5.75 Å². The normalized spacial score (nSPS) is 15.6. The molecule has 1 unspecified atom stereocenters. The van der Waals surface area contributed by atoms with Gasteiger partial charge in [-0.25, -0.2) is 9.78 Å². The minimum absolute atomic E-state index is 0.0215. The van der Waals surface area contributed by atoms with Gasteiger partial charge < -0.3 is 30.4 Å². The molecule has 0 aliphatic carbocycles. The molecule has 1 aliphatic rings. The summed E-state index contributed by atoms with van der Waals surface area (Å²) >= 11 is 1.16. The second-order valence-electron chi connectivity index (χ2n) is 13.7. The molecule has 5 aromatic rings. The number of aromatic nitrogens is 1. The molecule has 0 saturated carbocycles. The van der Waals surface area contributed by atoms with E-state index in [4.69, 9.17) is 25.1 Å². The van der Waals surface area contributed by atoms with Crippen LogP contribution in [-0.2, 0) is 34.6 Å². The predicted octanol–water partition coefficient (Wildman–Crippen LogP) is 4.14. The fourth-order valence-electron chi connectivity index (χ4n) is 6.39. The van der Waals surface area contributed by atoms with Crippen LogP contribution in [0.4, 0.5) is 9.93 Å². The quantitative estimate of drug-likeness (QED) is 0.0173. The Balaban J connectivity index is 1.30. The number of carbonyl (C=O) groups excluding carboxylic acids is 2. The number of rotatable bonds is 17. The van der Waals surface area contributed by atoms with E-state index in [-0.39, 0.29) is 22.8 Å². The van der Waals surface area contributed by atoms with Crippen LogP contribution in [0.5, 0.6) is 5.75 Å². The van der Waals surface area contributed by atoms with Gasteiger partial charge in [0.1, 0.15) is 28.9 Å². The molecule has 4 aromatic carbocycles. The van der Waals surface area contributed by atoms with Crippen molar-refractivity contribution >= 4 is 56.3 Å². The third-order valence-corrected chi connectivity index (χ3v) is 10.4. The van der Waals surface area contributed by atoms with Crippen LogP contribution in [0.3, 0.4) is 0 Å². The Morgan fingerprint density at radius 1 is 0.950 bits per heavy atom. The maximum absolute atomic E-state index is 14.0. The van der Waals surface area contributed by atoms with Crippen molar-refractivity contribution in [2.75, 3.05) is 18.5 Å². The third kappa shape index (κ3) is 9.59. The van der Waals surface area contributed by atoms with Gasteiger partial charge in [0.25, 0.3) is 11.8 Å². The van der Waals surface area contributed by atoms with E-state index in [1.807, 2.05) is 96.3 Å². The predicted molar refractivity (Wildman–Crippen MR) is 219 cm³/mol. The van der Waals surface area contributed by atoms with Gasteiger partial charge in [0.2, 0.25) is 0 Å². The van der Waals surface area contributed by atoms with Gasteiger partial charge in [0, 0.05) is 10.9 Å². The number of amides is 3. The number of benzene rings is 4. The first-order valence-electron chi connectivity index (χ1n) is 18.0. The highest BCUT2D eigenvalue weighted by Gasteiger charge is 2.58. The van der Waals surface area contributed by atoms with Gasteiger partial charge in [-0.05, 0) is 54.8 Å². The minimum Gasteiger partial charge on any atom is -0.484 e. The van der Waals surface area contributed by atoms with Gasteiger partial charge in [-0.1, -0.05) is 96.2 Å². The zero-order chi connectivity index (χ0) is 43.1. The Hall–Kier alpha value is -6.71. The average Bonchev–Trinajstić information content (AvgIpc) is 3.70. The number of carboxylic acid groups (broad SMARTS) is 1. The molecule has 60 heavy (non-hydrogen) atoms. The third-order valence-electron chi connectivity index (χ3n) is 9.30. The lowest BCUT2D eigenvalue weighted by atomic mass is 9.77. The lowest BCUT2D eigenvalue weighted by Gasteiger charge is -2.50. The number of amidine groups is 1. The summed E-state index contributed by atoms with van der Waals surface area (Å²) in [6.45, 7) is 1.85. The molecule has 2 heterocycles. The van der Waals surface area contributed by atoms with Crippen molar-refractivity contribution in [3.05, 3.63) is 149 Å². The number of carbonyl (C=O) groups is 3. The Bertz CT molecular complexity index is 2370. The van der Waals surface area contributed by atoms with E-state index < -0.39 is 70.5 Å². The molecule has 0 spiro atoms. The van der Waals surface area contributed by atoms with Crippen LogP contribution >= 0.6 is 11.3 Å². The number of β-lactam (4-membered cyclic amide) rings is 1. The summed E-state index contributed by atoms with van der Waals surface area (Å²) in [4.78, 5) is 48.2. The number of anilines is 1. The number of oxime groups is 1. The maximum Gasteiger partial charge on any atom is 0.418 e. The number of nitrogens with zero attached hydrogens (tertiary/aromatic N) is 3. The molecule has 3 amide bonds. The van der Waals surface area contributed by atoms with Crippen molar-refractivity contribution in [1.29, 1.82) is 5.41 Å². The Labute approximate surface area is 347 Å². The van der Waals surface area contributed by atoms with Crippen LogP contribution in [0.15, 0.2) is 126 Å². The maximum atomic E-state index is 14.0. The molecule has 6 rings (SSSR count). The molecule has 1 saturated heterocycles. The molecule has 18 nitrogen and oxygen atoms in total. The van der Waals surface area contributed by atoms with E-state index in [0.29, 0.717) is 10.2 Å². The Morgan fingerprint density at radius 3 is 1.98 bits per heavy atom. The van der Waals surface area contributed by atoms with Crippen molar-refractivity contribution in [2.24, 2.45) is 5.16 Å². The highest BCUT2D eigenvalue weighted by atomic mass is 32.3. The van der Waals surface area contributed by atoms with Crippen molar-refractivity contribution < 1.29 is 51.4 Å². The number of aliphatic hydroxyl groups excluding tert-OH is 1. The topological polar surface area (TPSA) is 262 Å². The number of hydrogen-bond donors (Lipinski definition) is 7. The van der Waals surface area contributed by atoms with E-state index in [1.54, 1.807) is 5.38 Å². The number of hydrogen-bond acceptors (Lipinski definition) is 14. The van der Waals surface area contributed by atoms with Crippen LogP contribution in [0, 0.1) is 5.41 Å². The second kappa shape index (κ2) is 18.1. The van der Waals surface area contributed by atoms with Crippen molar-refractivity contribution in [1.82, 2.24) is 20.7 Å². The van der Waals surface area contributed by atoms with E-state index in [0.717, 1.165) is 28.0 Å². The fourth-order valence-corrected chi connectivity index (χ4v) is 7.59. The molecule has 1 fully saturated rings. The van der Waals surface area contributed by atoms with Crippen LogP contribution < -0.4 is 20.7 Å². The molecular weight excluding hydrogens is 819 g/mol. The summed E-state index contributed by atoms with van der Waals surface area (Å²) in [6, 6.07) is 33.6. The lowest BCUT2D eigenvalue weighted by molar-refractivity contribution is -0.218. The molecular formula is C40H39N7O11S2. The first kappa shape index (κ1) is 42.9. The fraction of sp³-hybridized carbons (Fsp3) is 0.200. The molecule has 1 aliphatic heterocycles. The molecule has 20 heteroatoms. The van der Waals surface area contributed by atoms with Gasteiger partial charge in [-0.2, -0.15) is 13.5 Å². The van der Waals surface area contributed by atoms with Crippen molar-refractivity contribution in [2.45, 2.75) is 37.1 Å². The zero-order valence-electron chi connectivity index (χ0n) is 31.9. The number of ether oxygens (including phenoxy) is 1. The molecule has 1 aromatic heterocycles. The van der Waals surface area contributed by atoms with E-state index in [1.165, 1.54) is 38.1 Å². The number of nitrogens with one attached hydrogen (secondary N) is 4. The number of hydroxylamine groups is 2. The highest BCUT2D eigenvalue weighted by molar-refractivity contribution is 7.80. The van der Waals surface area contributed by atoms with Crippen LogP contribution in [0.2, 0.25) is 0 Å². The van der Waals surface area contributed by atoms with Crippen LogP contribution in [0.25, 0.3) is 0 Å². The summed E-state index contributed by atoms with van der Waals surface area (Å²) in [5.74, 6) is -2.03.